The van der Waals surface area contributed by atoms with Crippen molar-refractivity contribution in [2.24, 2.45) is 0 Å². The van der Waals surface area contributed by atoms with Gasteiger partial charge in [0.2, 0.25) is 6.79 Å². The molecule has 8 heteroatoms. The van der Waals surface area contributed by atoms with Crippen LogP contribution in [0.4, 0.5) is 0 Å². The molecule has 2 heterocycles. The van der Waals surface area contributed by atoms with Gasteiger partial charge in [0.15, 0.2) is 17.3 Å². The Morgan fingerprint density at radius 3 is 2.88 bits per heavy atom. The van der Waals surface area contributed by atoms with Crippen molar-refractivity contribution in [3.8, 4) is 17.2 Å². The number of tetrazole rings is 1. The number of ether oxygens (including phenoxy) is 2. The summed E-state index contributed by atoms with van der Waals surface area (Å²) in [6.45, 7) is 2.38. The highest BCUT2D eigenvalue weighted by atomic mass is 16.7. The Hall–Kier alpha value is -3.42. The molecule has 0 aliphatic carbocycles. The molecule has 0 bridgehead atoms. The molecule has 1 aromatic heterocycles. The van der Waals surface area contributed by atoms with Crippen LogP contribution in [-0.4, -0.2) is 32.9 Å². The van der Waals surface area contributed by atoms with Gasteiger partial charge in [0.05, 0.1) is 11.3 Å². The fourth-order valence-electron chi connectivity index (χ4n) is 2.63. The van der Waals surface area contributed by atoms with Crippen LogP contribution in [0.5, 0.6) is 11.5 Å². The summed E-state index contributed by atoms with van der Waals surface area (Å²) in [4.78, 5) is 12.6. The van der Waals surface area contributed by atoms with E-state index in [2.05, 4.69) is 20.8 Å². The lowest BCUT2D eigenvalue weighted by Gasteiger charge is -2.10. The highest BCUT2D eigenvalue weighted by Gasteiger charge is 2.16. The van der Waals surface area contributed by atoms with E-state index in [0.717, 1.165) is 11.3 Å². The Labute approximate surface area is 143 Å². The summed E-state index contributed by atoms with van der Waals surface area (Å²) in [5.74, 6) is 1.81. The van der Waals surface area contributed by atoms with Crippen LogP contribution in [0.3, 0.4) is 0 Å². The molecule has 126 valence electrons. The number of rotatable bonds is 4. The molecule has 1 amide bonds. The number of aryl methyl sites for hydroxylation is 1. The Bertz CT molecular complexity index is 938. The first-order valence-electron chi connectivity index (χ1n) is 7.73. The number of hydrogen-bond acceptors (Lipinski definition) is 6. The molecule has 25 heavy (non-hydrogen) atoms. The van der Waals surface area contributed by atoms with Crippen molar-refractivity contribution in [2.45, 2.75) is 13.5 Å². The molecule has 8 nitrogen and oxygen atoms in total. The van der Waals surface area contributed by atoms with Crippen LogP contribution < -0.4 is 14.8 Å². The summed E-state index contributed by atoms with van der Waals surface area (Å²) >= 11 is 0. The van der Waals surface area contributed by atoms with Gasteiger partial charge < -0.3 is 14.8 Å². The van der Waals surface area contributed by atoms with Gasteiger partial charge in [-0.2, -0.15) is 4.68 Å². The molecule has 1 N–H and O–H groups in total. The van der Waals surface area contributed by atoms with Crippen LogP contribution in [0.15, 0.2) is 42.5 Å². The lowest BCUT2D eigenvalue weighted by molar-refractivity contribution is 0.0950. The van der Waals surface area contributed by atoms with Crippen LogP contribution in [0.2, 0.25) is 0 Å². The molecule has 0 saturated heterocycles. The molecule has 0 spiro atoms. The number of aromatic nitrogens is 4. The van der Waals surface area contributed by atoms with Crippen molar-refractivity contribution in [1.82, 2.24) is 25.5 Å². The van der Waals surface area contributed by atoms with Crippen molar-refractivity contribution in [3.05, 3.63) is 59.4 Å². The number of carbonyl (C=O) groups is 1. The van der Waals surface area contributed by atoms with Crippen molar-refractivity contribution < 1.29 is 14.3 Å². The van der Waals surface area contributed by atoms with Gasteiger partial charge in [-0.15, -0.1) is 5.10 Å². The average Bonchev–Trinajstić information content (AvgIpc) is 3.27. The van der Waals surface area contributed by atoms with E-state index in [0.29, 0.717) is 29.4 Å². The van der Waals surface area contributed by atoms with E-state index < -0.39 is 0 Å². The predicted octanol–water partition coefficient (Wildman–Crippen LogP) is 1.63. The lowest BCUT2D eigenvalue weighted by atomic mass is 10.1. The van der Waals surface area contributed by atoms with Gasteiger partial charge in [0.25, 0.3) is 5.91 Å². The van der Waals surface area contributed by atoms with Crippen LogP contribution in [0.1, 0.15) is 21.7 Å². The van der Waals surface area contributed by atoms with E-state index in [1.807, 2.05) is 24.3 Å². The van der Waals surface area contributed by atoms with E-state index in [1.54, 1.807) is 25.1 Å². The molecule has 4 rings (SSSR count). The minimum absolute atomic E-state index is 0.205. The van der Waals surface area contributed by atoms with Gasteiger partial charge in [-0.3, -0.25) is 4.79 Å². The molecule has 2 aromatic carbocycles. The van der Waals surface area contributed by atoms with Gasteiger partial charge in [0.1, 0.15) is 0 Å². The third-order valence-electron chi connectivity index (χ3n) is 3.89. The maximum atomic E-state index is 12.6. The Morgan fingerprint density at radius 1 is 1.20 bits per heavy atom. The molecule has 1 aliphatic heterocycles. The summed E-state index contributed by atoms with van der Waals surface area (Å²) in [5, 5.41) is 14.3. The van der Waals surface area contributed by atoms with Gasteiger partial charge in [-0.1, -0.05) is 18.2 Å². The fourth-order valence-corrected chi connectivity index (χ4v) is 2.63. The molecular weight excluding hydrogens is 322 g/mol. The quantitative estimate of drug-likeness (QED) is 0.778. The number of hydrogen-bond donors (Lipinski definition) is 1. The number of carbonyl (C=O) groups excluding carboxylic acids is 1. The first kappa shape index (κ1) is 15.1. The Kier molecular flexibility index (Phi) is 3.77. The third-order valence-corrected chi connectivity index (χ3v) is 3.89. The second kappa shape index (κ2) is 6.23. The second-order valence-corrected chi connectivity index (χ2v) is 5.53. The number of fused-ring (bicyclic) bond motifs is 1. The summed E-state index contributed by atoms with van der Waals surface area (Å²) in [6.07, 6.45) is 0. The van der Waals surface area contributed by atoms with E-state index in [9.17, 15) is 4.79 Å². The number of amides is 1. The van der Waals surface area contributed by atoms with E-state index >= 15 is 0 Å². The van der Waals surface area contributed by atoms with Crippen molar-refractivity contribution in [1.29, 1.82) is 0 Å². The van der Waals surface area contributed by atoms with E-state index in [1.165, 1.54) is 4.68 Å². The largest absolute Gasteiger partial charge is 0.454 e. The summed E-state index contributed by atoms with van der Waals surface area (Å²) in [5.41, 5.74) is 2.06. The van der Waals surface area contributed by atoms with Gasteiger partial charge in [-0.25, -0.2) is 0 Å². The highest BCUT2D eigenvalue weighted by Crippen LogP contribution is 2.32. The smallest absolute Gasteiger partial charge is 0.253 e. The zero-order valence-electron chi connectivity index (χ0n) is 13.5. The van der Waals surface area contributed by atoms with E-state index in [-0.39, 0.29) is 12.7 Å². The molecule has 0 saturated carbocycles. The van der Waals surface area contributed by atoms with E-state index in [4.69, 9.17) is 9.47 Å². The molecule has 0 radical (unpaired) electrons. The molecule has 0 atom stereocenters. The maximum absolute atomic E-state index is 12.6. The first-order chi connectivity index (χ1) is 12.2. The monoisotopic (exact) mass is 337 g/mol. The summed E-state index contributed by atoms with van der Waals surface area (Å²) < 4.78 is 12.2. The fraction of sp³-hybridized carbons (Fsp3) is 0.176. The van der Waals surface area contributed by atoms with Gasteiger partial charge >= 0.3 is 0 Å². The predicted molar refractivity (Wildman–Crippen MR) is 87.6 cm³/mol. The zero-order valence-corrected chi connectivity index (χ0v) is 13.5. The van der Waals surface area contributed by atoms with Crippen LogP contribution >= 0.6 is 0 Å². The zero-order chi connectivity index (χ0) is 17.2. The normalized spacial score (nSPS) is 12.2. The van der Waals surface area contributed by atoms with Gasteiger partial charge in [-0.05, 0) is 47.2 Å². The van der Waals surface area contributed by atoms with Crippen molar-refractivity contribution >= 4 is 5.91 Å². The first-order valence-corrected chi connectivity index (χ1v) is 7.73. The molecule has 0 unspecified atom stereocenters. The Balaban J connectivity index is 1.53. The number of para-hydroxylation sites is 1. The average molecular weight is 337 g/mol. The molecular formula is C17H15N5O3. The van der Waals surface area contributed by atoms with Crippen LogP contribution in [0, 0.1) is 6.92 Å². The second-order valence-electron chi connectivity index (χ2n) is 5.53. The highest BCUT2D eigenvalue weighted by molar-refractivity contribution is 5.97. The number of nitrogens with one attached hydrogen (secondary N) is 1. The number of benzene rings is 2. The Morgan fingerprint density at radius 2 is 2.04 bits per heavy atom. The SMILES string of the molecule is Cc1nnnn1-c1ccccc1C(=O)NCc1ccc2c(c1)OCO2. The topological polar surface area (TPSA) is 91.2 Å². The van der Waals surface area contributed by atoms with Crippen LogP contribution in [-0.2, 0) is 6.54 Å². The molecule has 3 aromatic rings. The maximum Gasteiger partial charge on any atom is 0.253 e. The lowest BCUT2D eigenvalue weighted by Crippen LogP contribution is -2.24. The minimum Gasteiger partial charge on any atom is -0.454 e. The minimum atomic E-state index is -0.205. The van der Waals surface area contributed by atoms with Gasteiger partial charge in [0, 0.05) is 6.54 Å². The third kappa shape index (κ3) is 2.89. The van der Waals surface area contributed by atoms with Crippen molar-refractivity contribution in [2.75, 3.05) is 6.79 Å². The number of nitrogens with zero attached hydrogens (tertiary/aromatic N) is 4. The van der Waals surface area contributed by atoms with Crippen molar-refractivity contribution in [3.63, 3.8) is 0 Å². The molecule has 0 fully saturated rings. The van der Waals surface area contributed by atoms with Crippen LogP contribution in [0.25, 0.3) is 5.69 Å². The summed E-state index contributed by atoms with van der Waals surface area (Å²) in [7, 11) is 0. The summed E-state index contributed by atoms with van der Waals surface area (Å²) in [6, 6.07) is 12.8. The standard InChI is InChI=1S/C17H15N5O3/c1-11-19-20-21-22(11)14-5-3-2-4-13(14)17(23)18-9-12-6-7-15-16(8-12)25-10-24-15/h2-8H,9-10H2,1H3,(H,18,23). The molecule has 1 aliphatic rings.